The number of aromatic hydroxyl groups is 1. The molecule has 4 unspecified atom stereocenters. The van der Waals surface area contributed by atoms with E-state index < -0.39 is 59.7 Å². The van der Waals surface area contributed by atoms with Crippen LogP contribution >= 0.6 is 0 Å². The van der Waals surface area contributed by atoms with E-state index in [-0.39, 0.29) is 50.8 Å². The highest BCUT2D eigenvalue weighted by Gasteiger charge is 2.38. The molecule has 0 bridgehead atoms. The Balaban J connectivity index is 2.25. The normalized spacial score (nSPS) is 17.2. The Bertz CT molecular complexity index is 1050. The van der Waals surface area contributed by atoms with E-state index in [4.69, 9.17) is 16.6 Å². The van der Waals surface area contributed by atoms with Crippen molar-refractivity contribution in [2.24, 2.45) is 11.5 Å². The lowest BCUT2D eigenvalue weighted by Crippen LogP contribution is -2.57. The molecule has 1 fully saturated rings. The highest BCUT2D eigenvalue weighted by molar-refractivity contribution is 5.94. The molecule has 0 radical (unpaired) electrons. The first-order chi connectivity index (χ1) is 17.9. The highest BCUT2D eigenvalue weighted by Crippen LogP contribution is 2.20. The Labute approximate surface area is 218 Å². The lowest BCUT2D eigenvalue weighted by molar-refractivity contribution is -0.149. The second-order valence-corrected chi connectivity index (χ2v) is 9.06. The van der Waals surface area contributed by atoms with Gasteiger partial charge in [-0.25, -0.2) is 4.79 Å². The third-order valence-corrected chi connectivity index (χ3v) is 6.13. The predicted octanol–water partition coefficient (Wildman–Crippen LogP) is -1.56. The molecule has 4 atom stereocenters. The van der Waals surface area contributed by atoms with E-state index in [0.717, 1.165) is 4.90 Å². The molecule has 1 saturated heterocycles. The number of rotatable bonds is 14. The van der Waals surface area contributed by atoms with Gasteiger partial charge in [0.1, 0.15) is 23.9 Å². The van der Waals surface area contributed by atoms with Crippen molar-refractivity contribution in [3.8, 4) is 5.75 Å². The number of hydrogen-bond donors (Lipinski definition) is 7. The van der Waals surface area contributed by atoms with Crippen LogP contribution in [0.1, 0.15) is 44.1 Å². The molecular weight excluding hydrogens is 502 g/mol. The number of phenols is 1. The summed E-state index contributed by atoms with van der Waals surface area (Å²) in [5.74, 6) is -5.40. The Hall–Kier alpha value is -4.20. The average molecular weight is 536 g/mol. The minimum atomic E-state index is -1.30. The number of benzene rings is 1. The van der Waals surface area contributed by atoms with Crippen LogP contribution < -0.4 is 22.1 Å². The summed E-state index contributed by atoms with van der Waals surface area (Å²) in [6.07, 6.45) is -0.397. The molecule has 1 aromatic carbocycles. The zero-order valence-corrected chi connectivity index (χ0v) is 20.7. The van der Waals surface area contributed by atoms with Gasteiger partial charge in [-0.3, -0.25) is 24.0 Å². The van der Waals surface area contributed by atoms with E-state index >= 15 is 0 Å². The highest BCUT2D eigenvalue weighted by atomic mass is 16.4. The number of carbonyl (C=O) groups is 6. The van der Waals surface area contributed by atoms with Crippen molar-refractivity contribution in [2.45, 2.75) is 69.1 Å². The first-order valence-electron chi connectivity index (χ1n) is 12.1. The molecule has 0 aliphatic carbocycles. The Morgan fingerprint density at radius 3 is 2.16 bits per heavy atom. The molecule has 14 heteroatoms. The number of nitrogens with zero attached hydrogens (tertiary/aromatic N) is 1. The van der Waals surface area contributed by atoms with E-state index in [0.29, 0.717) is 12.0 Å². The average Bonchev–Trinajstić information content (AvgIpc) is 3.35. The molecule has 0 saturated carbocycles. The van der Waals surface area contributed by atoms with Crippen LogP contribution in [0.3, 0.4) is 0 Å². The smallest absolute Gasteiger partial charge is 0.326 e. The number of nitrogens with two attached hydrogens (primary N) is 2. The van der Waals surface area contributed by atoms with E-state index in [1.54, 1.807) is 0 Å². The second kappa shape index (κ2) is 13.9. The van der Waals surface area contributed by atoms with Crippen LogP contribution in [-0.2, 0) is 35.2 Å². The van der Waals surface area contributed by atoms with Crippen LogP contribution in [0.2, 0.25) is 0 Å². The summed E-state index contributed by atoms with van der Waals surface area (Å²) in [6, 6.07) is 0.917. The molecule has 1 aromatic rings. The third kappa shape index (κ3) is 9.03. The van der Waals surface area contributed by atoms with Crippen molar-refractivity contribution < 1.29 is 44.1 Å². The van der Waals surface area contributed by atoms with Crippen molar-refractivity contribution in [1.82, 2.24) is 15.5 Å². The van der Waals surface area contributed by atoms with Gasteiger partial charge in [0.15, 0.2) is 0 Å². The maximum atomic E-state index is 13.3. The van der Waals surface area contributed by atoms with Crippen LogP contribution in [-0.4, -0.2) is 86.5 Å². The Morgan fingerprint density at radius 2 is 1.58 bits per heavy atom. The first kappa shape index (κ1) is 30.0. The summed E-state index contributed by atoms with van der Waals surface area (Å²) in [6.45, 7) is 0.158. The van der Waals surface area contributed by atoms with Gasteiger partial charge in [0.05, 0.1) is 6.04 Å². The van der Waals surface area contributed by atoms with Crippen LogP contribution in [0, 0.1) is 0 Å². The molecule has 1 aliphatic rings. The van der Waals surface area contributed by atoms with Gasteiger partial charge in [0.2, 0.25) is 23.6 Å². The van der Waals surface area contributed by atoms with Crippen LogP contribution in [0.25, 0.3) is 0 Å². The minimum Gasteiger partial charge on any atom is -0.508 e. The summed E-state index contributed by atoms with van der Waals surface area (Å²) >= 11 is 0. The number of nitrogens with one attached hydrogen (secondary N) is 2. The number of carboxylic acid groups (broad SMARTS) is 2. The summed E-state index contributed by atoms with van der Waals surface area (Å²) in [4.78, 5) is 74.1. The van der Waals surface area contributed by atoms with Gasteiger partial charge in [-0.1, -0.05) is 12.1 Å². The molecule has 0 spiro atoms. The lowest BCUT2D eigenvalue weighted by Gasteiger charge is -2.29. The molecule has 38 heavy (non-hydrogen) atoms. The topological polar surface area (TPSA) is 242 Å². The van der Waals surface area contributed by atoms with Crippen LogP contribution in [0.5, 0.6) is 5.75 Å². The number of likely N-dealkylation sites (tertiary alicyclic amines) is 1. The fraction of sp³-hybridized carbons (Fsp3) is 0.500. The summed E-state index contributed by atoms with van der Waals surface area (Å²) in [7, 11) is 0. The van der Waals surface area contributed by atoms with Crippen molar-refractivity contribution in [1.29, 1.82) is 0 Å². The van der Waals surface area contributed by atoms with Crippen LogP contribution in [0.4, 0.5) is 0 Å². The fourth-order valence-corrected chi connectivity index (χ4v) is 4.07. The van der Waals surface area contributed by atoms with Gasteiger partial charge in [0.25, 0.3) is 0 Å². The molecule has 14 nitrogen and oxygen atoms in total. The van der Waals surface area contributed by atoms with Gasteiger partial charge in [-0.2, -0.15) is 0 Å². The Kier molecular flexibility index (Phi) is 11.0. The van der Waals surface area contributed by atoms with Crippen LogP contribution in [0.15, 0.2) is 24.3 Å². The number of phenolic OH excluding ortho intramolecular Hbond substituents is 1. The van der Waals surface area contributed by atoms with Crippen molar-refractivity contribution in [2.75, 3.05) is 6.54 Å². The van der Waals surface area contributed by atoms with E-state index in [1.165, 1.54) is 24.3 Å². The monoisotopic (exact) mass is 535 g/mol. The molecule has 9 N–H and O–H groups in total. The van der Waals surface area contributed by atoms with E-state index in [9.17, 15) is 39.0 Å². The molecule has 4 amide bonds. The number of amides is 4. The lowest BCUT2D eigenvalue weighted by atomic mass is 10.0. The minimum absolute atomic E-state index is 0.0230. The summed E-state index contributed by atoms with van der Waals surface area (Å²) in [5.41, 5.74) is 11.5. The van der Waals surface area contributed by atoms with E-state index in [1.807, 2.05) is 0 Å². The maximum absolute atomic E-state index is 13.3. The van der Waals surface area contributed by atoms with Gasteiger partial charge < -0.3 is 42.3 Å². The van der Waals surface area contributed by atoms with E-state index in [2.05, 4.69) is 10.6 Å². The standard InChI is InChI=1S/C24H33N5O9/c25-15(7-10-20(32)33)21(34)28-17(12-13-3-5-14(30)6-4-13)22(35)27-16(8-9-19(26)31)23(36)29-11-1-2-18(29)24(37)38/h3-6,15-18,30H,1-2,7-12,25H2,(H2,26,31)(H,27,35)(H,28,34)(H,32,33)(H,37,38). The van der Waals surface area contributed by atoms with Crippen molar-refractivity contribution in [3.63, 3.8) is 0 Å². The SMILES string of the molecule is NC(=O)CCC(NC(=O)C(Cc1ccc(O)cc1)NC(=O)C(N)CCC(=O)O)C(=O)N1CCCC1C(=O)O. The first-order valence-corrected chi connectivity index (χ1v) is 12.1. The number of primary amides is 1. The summed E-state index contributed by atoms with van der Waals surface area (Å²) < 4.78 is 0. The molecule has 2 rings (SSSR count). The quantitative estimate of drug-likeness (QED) is 0.144. The second-order valence-electron chi connectivity index (χ2n) is 9.06. The number of hydrogen-bond acceptors (Lipinski definition) is 8. The number of carboxylic acids is 2. The largest absolute Gasteiger partial charge is 0.508 e. The Morgan fingerprint density at radius 1 is 0.947 bits per heavy atom. The molecule has 1 heterocycles. The van der Waals surface area contributed by atoms with Gasteiger partial charge in [0, 0.05) is 25.8 Å². The number of aliphatic carboxylic acids is 2. The van der Waals surface area contributed by atoms with Gasteiger partial charge in [-0.05, 0) is 43.4 Å². The zero-order valence-electron chi connectivity index (χ0n) is 20.7. The molecular formula is C24H33N5O9. The van der Waals surface area contributed by atoms with Crippen molar-refractivity contribution >= 4 is 35.6 Å². The molecule has 1 aliphatic heterocycles. The van der Waals surface area contributed by atoms with Gasteiger partial charge in [-0.15, -0.1) is 0 Å². The molecule has 0 aromatic heterocycles. The van der Waals surface area contributed by atoms with Crippen molar-refractivity contribution in [3.05, 3.63) is 29.8 Å². The fourth-order valence-electron chi connectivity index (χ4n) is 4.07. The van der Waals surface area contributed by atoms with Gasteiger partial charge >= 0.3 is 11.9 Å². The zero-order chi connectivity index (χ0) is 28.4. The summed E-state index contributed by atoms with van der Waals surface area (Å²) in [5, 5.41) is 32.8. The number of carbonyl (C=O) groups excluding carboxylic acids is 4. The third-order valence-electron chi connectivity index (χ3n) is 6.13. The maximum Gasteiger partial charge on any atom is 0.326 e. The molecule has 208 valence electrons. The predicted molar refractivity (Wildman–Crippen MR) is 131 cm³/mol.